The van der Waals surface area contributed by atoms with Crippen molar-refractivity contribution in [2.24, 2.45) is 0 Å². The number of rotatable bonds is 6. The van der Waals surface area contributed by atoms with Gasteiger partial charge in [-0.1, -0.05) is 26.7 Å². The molecule has 0 amide bonds. The Morgan fingerprint density at radius 3 is 2.11 bits per heavy atom. The summed E-state index contributed by atoms with van der Waals surface area (Å²) in [5.41, 5.74) is 0. The monoisotopic (exact) mass is 377 g/mol. The van der Waals surface area contributed by atoms with Gasteiger partial charge < -0.3 is 0 Å². The Morgan fingerprint density at radius 1 is 1.06 bits per heavy atom. The molecule has 0 atom stereocenters. The number of hydrogen-bond acceptors (Lipinski definition) is 0. The fraction of sp³-hybridized carbons (Fsp3) is 0.727. The van der Waals surface area contributed by atoms with Crippen LogP contribution >= 0.6 is 40.4 Å². The van der Waals surface area contributed by atoms with Crippen LogP contribution in [0.4, 0.5) is 0 Å². The van der Waals surface area contributed by atoms with E-state index in [-0.39, 0.29) is 0 Å². The first-order valence-corrected chi connectivity index (χ1v) is 12.0. The van der Waals surface area contributed by atoms with E-state index in [0.717, 1.165) is 13.1 Å². The van der Waals surface area contributed by atoms with Gasteiger partial charge in [0.1, 0.15) is 12.4 Å². The van der Waals surface area contributed by atoms with Gasteiger partial charge in [-0.3, -0.25) is 0 Å². The molecule has 18 heavy (non-hydrogen) atoms. The van der Waals surface area contributed by atoms with Gasteiger partial charge in [0.25, 0.3) is 0 Å². The van der Waals surface area contributed by atoms with Gasteiger partial charge in [0.05, 0.1) is 13.1 Å². The van der Waals surface area contributed by atoms with E-state index in [1.54, 1.807) is 0 Å². The van der Waals surface area contributed by atoms with Crippen LogP contribution in [0.1, 0.15) is 39.5 Å². The average Bonchev–Trinajstić information content (AvgIpc) is 2.69. The number of nitrogens with zero attached hydrogens (tertiary/aromatic N) is 2. The van der Waals surface area contributed by atoms with E-state index in [2.05, 4.69) is 41.7 Å². The van der Waals surface area contributed by atoms with Crippen LogP contribution in [0.3, 0.4) is 0 Å². The third-order valence-electron chi connectivity index (χ3n) is 2.29. The summed E-state index contributed by atoms with van der Waals surface area (Å²) in [6.07, 6.45) is 11.7. The molecule has 0 unspecified atom stereocenters. The van der Waals surface area contributed by atoms with Gasteiger partial charge in [-0.15, -0.1) is 0 Å². The predicted molar refractivity (Wildman–Crippen MR) is 77.9 cm³/mol. The fourth-order valence-electron chi connectivity index (χ4n) is 1.38. The zero-order valence-corrected chi connectivity index (χ0v) is 14.9. The fourth-order valence-corrected chi connectivity index (χ4v) is 1.38. The predicted octanol–water partition coefficient (Wildman–Crippen LogP) is 5.13. The normalized spacial score (nSPS) is 11.9. The first-order chi connectivity index (χ1) is 8.36. The first-order valence-electron chi connectivity index (χ1n) is 5.95. The van der Waals surface area contributed by atoms with Crippen LogP contribution in [0.15, 0.2) is 18.7 Å². The third-order valence-corrected chi connectivity index (χ3v) is 2.29. The molecule has 111 valence electrons. The number of unbranched alkanes of at least 4 members (excludes halogenated alkanes) is 2. The molecule has 0 bridgehead atoms. The molecule has 1 aromatic rings. The van der Waals surface area contributed by atoms with E-state index >= 15 is 0 Å². The summed E-state index contributed by atoms with van der Waals surface area (Å²) in [5, 5.41) is 0. The van der Waals surface area contributed by atoms with Crippen molar-refractivity contribution in [2.45, 2.75) is 52.6 Å². The maximum atomic E-state index is 4.95. The van der Waals surface area contributed by atoms with Crippen LogP contribution < -0.4 is 4.57 Å². The van der Waals surface area contributed by atoms with E-state index in [1.807, 2.05) is 0 Å². The van der Waals surface area contributed by atoms with Crippen LogP contribution in [-0.2, 0) is 22.3 Å². The Hall–Kier alpha value is 0.889. The molecule has 0 aliphatic heterocycles. The van der Waals surface area contributed by atoms with Crippen molar-refractivity contribution in [2.75, 3.05) is 0 Å². The zero-order chi connectivity index (χ0) is 14.0. The van der Waals surface area contributed by atoms with Crippen molar-refractivity contribution in [3.63, 3.8) is 0 Å². The molecule has 2 nitrogen and oxygen atoms in total. The van der Waals surface area contributed by atoms with Crippen LogP contribution in [0, 0.1) is 0 Å². The summed E-state index contributed by atoms with van der Waals surface area (Å²) in [6.45, 7) is 6.79. The van der Waals surface area contributed by atoms with Gasteiger partial charge in [-0.05, 0) is 12.8 Å². The number of halogens is 4. The van der Waals surface area contributed by atoms with E-state index in [1.165, 1.54) is 25.7 Å². The van der Waals surface area contributed by atoms with Crippen LogP contribution in [-0.4, -0.2) is 4.57 Å². The molecule has 0 saturated carbocycles. The molecule has 0 N–H and O–H groups in total. The van der Waals surface area contributed by atoms with Gasteiger partial charge in [-0.25, -0.2) is 9.13 Å². The van der Waals surface area contributed by atoms with Crippen LogP contribution in [0.2, 0.25) is 0 Å². The van der Waals surface area contributed by atoms with Crippen LogP contribution in [0.25, 0.3) is 0 Å². The number of aryl methyl sites for hydroxylation is 2. The second-order valence-electron chi connectivity index (χ2n) is 3.90. The van der Waals surface area contributed by atoms with Gasteiger partial charge >= 0.3 is 49.6 Å². The van der Waals surface area contributed by atoms with E-state index in [4.69, 9.17) is 40.4 Å². The second kappa shape index (κ2) is 10.7. The summed E-state index contributed by atoms with van der Waals surface area (Å²) >= 11 is 0. The standard InChI is InChI=1S/C11H21N2.4ClH.Fe/c1-3-5-7-12-9-10-13(11-12)8-6-4-2;;;;;/h9-11H,3-8H2,1-2H3;4*1H;/q+1;;;;;+3/p-4. The SMILES string of the molecule is CCCCn1cc[n+](CCCC)c1.[Cl][Fe-]([Cl])([Cl])[Cl]. The second-order valence-corrected chi connectivity index (χ2v) is 14.8. The molecule has 0 aliphatic carbocycles. The molecule has 0 aliphatic rings. The average molecular weight is 379 g/mol. The van der Waals surface area contributed by atoms with E-state index in [0.29, 0.717) is 0 Å². The van der Waals surface area contributed by atoms with E-state index < -0.39 is 9.20 Å². The molecule has 0 radical (unpaired) electrons. The topological polar surface area (TPSA) is 8.81 Å². The van der Waals surface area contributed by atoms with Crippen LogP contribution in [0.5, 0.6) is 0 Å². The van der Waals surface area contributed by atoms with Crippen molar-refractivity contribution in [3.05, 3.63) is 18.7 Å². The Kier molecular flexibility index (Phi) is 11.2. The van der Waals surface area contributed by atoms with Gasteiger partial charge in [-0.2, -0.15) is 0 Å². The molecule has 7 heteroatoms. The number of imidazole rings is 1. The molecule has 0 saturated heterocycles. The molecule has 0 spiro atoms. The quantitative estimate of drug-likeness (QED) is 0.479. The summed E-state index contributed by atoms with van der Waals surface area (Å²) in [5.74, 6) is 0. The van der Waals surface area contributed by atoms with Gasteiger partial charge in [0.2, 0.25) is 6.33 Å². The van der Waals surface area contributed by atoms with E-state index in [9.17, 15) is 0 Å². The number of aromatic nitrogens is 2. The summed E-state index contributed by atoms with van der Waals surface area (Å²) in [4.78, 5) is 0. The van der Waals surface area contributed by atoms with Crippen molar-refractivity contribution in [3.8, 4) is 0 Å². The van der Waals surface area contributed by atoms with Crippen molar-refractivity contribution in [1.82, 2.24) is 4.57 Å². The third kappa shape index (κ3) is 13.3. The minimum absolute atomic E-state index is 1.16. The molecule has 1 rings (SSSR count). The Morgan fingerprint density at radius 2 is 1.61 bits per heavy atom. The summed E-state index contributed by atoms with van der Waals surface area (Å²) < 4.78 is 4.55. The van der Waals surface area contributed by atoms with Gasteiger partial charge in [0.15, 0.2) is 0 Å². The summed E-state index contributed by atoms with van der Waals surface area (Å²) in [7, 11) is 17.2. The molecule has 0 aromatic carbocycles. The maximum absolute atomic E-state index is 4.95. The first kappa shape index (κ1) is 18.9. The Bertz CT molecular complexity index is 284. The molecular formula is C11H21Cl4FeN2. The Labute approximate surface area is 129 Å². The van der Waals surface area contributed by atoms with Gasteiger partial charge in [0, 0.05) is 0 Å². The van der Waals surface area contributed by atoms with Crippen molar-refractivity contribution in [1.29, 1.82) is 0 Å². The molecule has 0 fully saturated rings. The van der Waals surface area contributed by atoms with Crippen molar-refractivity contribution >= 4 is 40.4 Å². The molecular weight excluding hydrogens is 358 g/mol. The zero-order valence-electron chi connectivity index (χ0n) is 10.7. The number of hydrogen-bond donors (Lipinski definition) is 0. The molecule has 1 aromatic heterocycles. The molecule has 1 heterocycles. The minimum atomic E-state index is -2.61. The van der Waals surface area contributed by atoms with Crippen molar-refractivity contribution < 1.29 is 13.8 Å². The summed E-state index contributed by atoms with van der Waals surface area (Å²) in [6, 6.07) is 0. The Balaban J connectivity index is 0.000000494.